The van der Waals surface area contributed by atoms with E-state index in [1.165, 1.54) is 0 Å². The second-order valence-corrected chi connectivity index (χ2v) is 3.47. The van der Waals surface area contributed by atoms with E-state index in [9.17, 15) is 4.79 Å². The smallest absolute Gasteiger partial charge is 0.299 e. The van der Waals surface area contributed by atoms with Crippen LogP contribution in [0.1, 0.15) is 5.56 Å². The number of hydrogen-bond acceptors (Lipinski definition) is 4. The highest BCUT2D eigenvalue weighted by molar-refractivity contribution is 5.97. The van der Waals surface area contributed by atoms with Crippen molar-refractivity contribution in [3.63, 3.8) is 0 Å². The minimum atomic E-state index is 0.231. The van der Waals surface area contributed by atoms with Crippen molar-refractivity contribution >= 4 is 18.1 Å². The molecule has 0 aliphatic rings. The van der Waals surface area contributed by atoms with Gasteiger partial charge in [0.1, 0.15) is 0 Å². The molecule has 2 aromatic carbocycles. The van der Waals surface area contributed by atoms with Crippen LogP contribution in [0.3, 0.4) is 0 Å². The molecule has 0 saturated carbocycles. The quantitative estimate of drug-likeness (QED) is 0.387. The van der Waals surface area contributed by atoms with E-state index >= 15 is 0 Å². The lowest BCUT2D eigenvalue weighted by atomic mass is 10.2. The number of para-hydroxylation sites is 1. The van der Waals surface area contributed by atoms with E-state index in [2.05, 4.69) is 10.5 Å². The Morgan fingerprint density at radius 3 is 2.22 bits per heavy atom. The summed E-state index contributed by atoms with van der Waals surface area (Å²) in [7, 11) is 0. The van der Waals surface area contributed by atoms with Gasteiger partial charge in [0, 0.05) is 5.56 Å². The Morgan fingerprint density at radius 1 is 1.00 bits per heavy atom. The number of anilines is 1. The van der Waals surface area contributed by atoms with Gasteiger partial charge in [-0.3, -0.25) is 10.2 Å². The summed E-state index contributed by atoms with van der Waals surface area (Å²) < 4.78 is 4.86. The third-order valence-electron chi connectivity index (χ3n) is 2.24. The fourth-order valence-corrected chi connectivity index (χ4v) is 1.41. The molecule has 1 N–H and O–H groups in total. The molecule has 90 valence electrons. The van der Waals surface area contributed by atoms with Gasteiger partial charge < -0.3 is 4.74 Å². The van der Waals surface area contributed by atoms with E-state index in [4.69, 9.17) is 4.74 Å². The molecule has 0 unspecified atom stereocenters. The predicted molar refractivity (Wildman–Crippen MR) is 70.2 cm³/mol. The summed E-state index contributed by atoms with van der Waals surface area (Å²) in [5.41, 5.74) is 4.38. The van der Waals surface area contributed by atoms with Crippen LogP contribution in [0, 0.1) is 0 Å². The third-order valence-corrected chi connectivity index (χ3v) is 2.24. The number of carbonyl (C=O) groups is 1. The van der Waals surface area contributed by atoms with Crippen molar-refractivity contribution < 1.29 is 9.53 Å². The molecule has 0 bridgehead atoms. The predicted octanol–water partition coefficient (Wildman–Crippen LogP) is 2.63. The van der Waals surface area contributed by atoms with Crippen LogP contribution >= 0.6 is 0 Å². The van der Waals surface area contributed by atoms with Gasteiger partial charge in [0.05, 0.1) is 5.69 Å². The first-order valence-corrected chi connectivity index (χ1v) is 5.44. The van der Waals surface area contributed by atoms with Gasteiger partial charge >= 0.3 is 0 Å². The van der Waals surface area contributed by atoms with Crippen LogP contribution in [0.4, 0.5) is 5.69 Å². The van der Waals surface area contributed by atoms with Crippen molar-refractivity contribution in [2.24, 2.45) is 5.10 Å². The Bertz CT molecular complexity index is 524. The number of hydrogen-bond donors (Lipinski definition) is 1. The highest BCUT2D eigenvalue weighted by Gasteiger charge is 2.03. The van der Waals surface area contributed by atoms with E-state index < -0.39 is 0 Å². The number of nitrogens with one attached hydrogen (secondary N) is 1. The minimum Gasteiger partial charge on any atom is -0.407 e. The van der Waals surface area contributed by atoms with E-state index in [-0.39, 0.29) is 5.90 Å². The van der Waals surface area contributed by atoms with Crippen LogP contribution in [-0.4, -0.2) is 12.4 Å². The average molecular weight is 240 g/mol. The van der Waals surface area contributed by atoms with E-state index in [1.54, 1.807) is 0 Å². The lowest BCUT2D eigenvalue weighted by Gasteiger charge is -2.04. The Balaban J connectivity index is 2.18. The van der Waals surface area contributed by atoms with Crippen LogP contribution < -0.4 is 5.43 Å². The largest absolute Gasteiger partial charge is 0.407 e. The van der Waals surface area contributed by atoms with Gasteiger partial charge in [-0.2, -0.15) is 0 Å². The lowest BCUT2D eigenvalue weighted by molar-refractivity contribution is -0.121. The summed E-state index contributed by atoms with van der Waals surface area (Å²) in [6.45, 7) is 0.360. The zero-order valence-electron chi connectivity index (χ0n) is 9.61. The average Bonchev–Trinajstić information content (AvgIpc) is 2.45. The zero-order valence-corrected chi connectivity index (χ0v) is 9.61. The summed E-state index contributed by atoms with van der Waals surface area (Å²) in [6, 6.07) is 18.6. The Kier molecular flexibility index (Phi) is 4.08. The minimum absolute atomic E-state index is 0.231. The highest BCUT2D eigenvalue weighted by Crippen LogP contribution is 2.07. The number of nitrogens with zero attached hydrogens (tertiary/aromatic N) is 1. The molecule has 0 aromatic heterocycles. The molecule has 0 heterocycles. The molecule has 18 heavy (non-hydrogen) atoms. The van der Waals surface area contributed by atoms with Gasteiger partial charge in [0.2, 0.25) is 5.90 Å². The molecule has 0 saturated heterocycles. The summed E-state index contributed by atoms with van der Waals surface area (Å²) in [6.07, 6.45) is 0. The molecule has 2 aromatic rings. The molecule has 0 atom stereocenters. The first-order chi connectivity index (χ1) is 8.90. The number of rotatable bonds is 4. The first kappa shape index (κ1) is 11.9. The first-order valence-electron chi connectivity index (χ1n) is 5.44. The molecule has 0 radical (unpaired) electrons. The maximum absolute atomic E-state index is 10.5. The molecular formula is C14H12N2O2. The van der Waals surface area contributed by atoms with E-state index in [1.807, 2.05) is 60.7 Å². The second-order valence-electron chi connectivity index (χ2n) is 3.47. The third kappa shape index (κ3) is 3.18. The zero-order chi connectivity index (χ0) is 12.6. The van der Waals surface area contributed by atoms with Gasteiger partial charge in [-0.05, 0) is 24.3 Å². The van der Waals surface area contributed by atoms with Crippen molar-refractivity contribution in [2.75, 3.05) is 5.43 Å². The fourth-order valence-electron chi connectivity index (χ4n) is 1.41. The monoisotopic (exact) mass is 240 g/mol. The highest BCUT2D eigenvalue weighted by atomic mass is 16.5. The van der Waals surface area contributed by atoms with Gasteiger partial charge in [0.15, 0.2) is 0 Å². The van der Waals surface area contributed by atoms with Crippen molar-refractivity contribution in [1.82, 2.24) is 0 Å². The molecule has 0 aliphatic carbocycles. The van der Waals surface area contributed by atoms with Crippen LogP contribution in [0.15, 0.2) is 65.8 Å². The van der Waals surface area contributed by atoms with Gasteiger partial charge in [-0.25, -0.2) is 0 Å². The topological polar surface area (TPSA) is 50.7 Å². The number of hydrazone groups is 1. The Labute approximate surface area is 105 Å². The van der Waals surface area contributed by atoms with E-state index in [0.717, 1.165) is 11.3 Å². The number of carbonyl (C=O) groups excluding carboxylic acids is 1. The summed E-state index contributed by atoms with van der Waals surface area (Å²) in [5.74, 6) is 0.231. The Morgan fingerprint density at radius 2 is 1.61 bits per heavy atom. The fraction of sp³-hybridized carbons (Fsp3) is 0. The van der Waals surface area contributed by atoms with Gasteiger partial charge in [-0.1, -0.05) is 36.4 Å². The molecule has 0 fully saturated rings. The SMILES string of the molecule is O=CO/C(=N/Nc1ccccc1)c1ccccc1. The molecule has 2 rings (SSSR count). The second kappa shape index (κ2) is 6.20. The number of benzene rings is 2. The summed E-state index contributed by atoms with van der Waals surface area (Å²) >= 11 is 0. The van der Waals surface area contributed by atoms with E-state index in [0.29, 0.717) is 6.47 Å². The maximum atomic E-state index is 10.5. The van der Waals surface area contributed by atoms with Gasteiger partial charge in [-0.15, -0.1) is 5.10 Å². The lowest BCUT2D eigenvalue weighted by Crippen LogP contribution is -2.08. The van der Waals surface area contributed by atoms with Crippen molar-refractivity contribution in [3.05, 3.63) is 66.2 Å². The van der Waals surface area contributed by atoms with Crippen LogP contribution in [0.25, 0.3) is 0 Å². The molecule has 0 spiro atoms. The number of ether oxygens (including phenoxy) is 1. The maximum Gasteiger partial charge on any atom is 0.299 e. The van der Waals surface area contributed by atoms with Gasteiger partial charge in [0.25, 0.3) is 6.47 Å². The molecule has 4 nitrogen and oxygen atoms in total. The standard InChI is InChI=1S/C14H12N2O2/c17-11-18-14(12-7-3-1-4-8-12)16-15-13-9-5-2-6-10-13/h1-11,15H/b16-14+. The van der Waals surface area contributed by atoms with Crippen molar-refractivity contribution in [2.45, 2.75) is 0 Å². The van der Waals surface area contributed by atoms with Crippen LogP contribution in [0.5, 0.6) is 0 Å². The van der Waals surface area contributed by atoms with Crippen LogP contribution in [0.2, 0.25) is 0 Å². The summed E-state index contributed by atoms with van der Waals surface area (Å²) in [5, 5.41) is 4.07. The molecule has 0 amide bonds. The van der Waals surface area contributed by atoms with Crippen molar-refractivity contribution in [3.8, 4) is 0 Å². The normalized spacial score (nSPS) is 10.8. The molecule has 0 aliphatic heterocycles. The molecular weight excluding hydrogens is 228 g/mol. The van der Waals surface area contributed by atoms with Crippen molar-refractivity contribution in [1.29, 1.82) is 0 Å². The Hall–Kier alpha value is -2.62. The van der Waals surface area contributed by atoms with Crippen LogP contribution in [-0.2, 0) is 9.53 Å². The summed E-state index contributed by atoms with van der Waals surface area (Å²) in [4.78, 5) is 10.5. The molecule has 4 heteroatoms.